The summed E-state index contributed by atoms with van der Waals surface area (Å²) in [5.74, 6) is 0.174. The van der Waals surface area contributed by atoms with Gasteiger partial charge in [-0.05, 0) is 25.2 Å². The number of benzene rings is 1. The smallest absolute Gasteiger partial charge is 0.338 e. The summed E-state index contributed by atoms with van der Waals surface area (Å²) in [7, 11) is 1.53. The lowest BCUT2D eigenvalue weighted by Crippen LogP contribution is -2.27. The summed E-state index contributed by atoms with van der Waals surface area (Å²) in [6.45, 7) is 7.15. The third-order valence-electron chi connectivity index (χ3n) is 2.94. The van der Waals surface area contributed by atoms with Crippen LogP contribution in [0.25, 0.3) is 0 Å². The molecule has 0 unspecified atom stereocenters. The maximum Gasteiger partial charge on any atom is 0.338 e. The second-order valence-corrected chi connectivity index (χ2v) is 4.16. The number of nitrogens with zero attached hydrogens (tertiary/aromatic N) is 1. The fourth-order valence-electron chi connectivity index (χ4n) is 1.75. The molecular weight excluding hydrogens is 244 g/mol. The van der Waals surface area contributed by atoms with Crippen LogP contribution in [0.1, 0.15) is 24.2 Å². The first-order valence-electron chi connectivity index (χ1n) is 6.44. The highest BCUT2D eigenvalue weighted by Crippen LogP contribution is 2.19. The predicted molar refractivity (Wildman–Crippen MR) is 75.5 cm³/mol. The standard InChI is InChI=1S/C14H22N2O3/c1-4-16(5-2)6-7-19-14(17)11-8-12(15)10-13(9-11)18-3/h8-10H,4-7,15H2,1-3H3. The van der Waals surface area contributed by atoms with Gasteiger partial charge in [0.1, 0.15) is 12.4 Å². The Hall–Kier alpha value is -1.75. The van der Waals surface area contributed by atoms with Gasteiger partial charge in [0, 0.05) is 18.3 Å². The van der Waals surface area contributed by atoms with Crippen LogP contribution in [0.2, 0.25) is 0 Å². The third-order valence-corrected chi connectivity index (χ3v) is 2.94. The number of carbonyl (C=O) groups excluding carboxylic acids is 1. The molecule has 0 spiro atoms. The molecule has 1 rings (SSSR count). The second-order valence-electron chi connectivity index (χ2n) is 4.16. The van der Waals surface area contributed by atoms with Crippen molar-refractivity contribution in [2.75, 3.05) is 39.1 Å². The Kier molecular flexibility index (Phi) is 6.15. The van der Waals surface area contributed by atoms with E-state index in [1.54, 1.807) is 18.2 Å². The van der Waals surface area contributed by atoms with Crippen LogP contribution in [-0.4, -0.2) is 44.2 Å². The molecule has 0 amide bonds. The molecule has 1 aromatic rings. The first kappa shape index (κ1) is 15.3. The van der Waals surface area contributed by atoms with Crippen molar-refractivity contribution in [1.82, 2.24) is 4.90 Å². The Labute approximate surface area is 114 Å². The molecular formula is C14H22N2O3. The van der Waals surface area contributed by atoms with Crippen LogP contribution in [0.4, 0.5) is 5.69 Å². The van der Waals surface area contributed by atoms with Gasteiger partial charge in [0.25, 0.3) is 0 Å². The highest BCUT2D eigenvalue weighted by atomic mass is 16.5. The molecule has 5 nitrogen and oxygen atoms in total. The topological polar surface area (TPSA) is 64.8 Å². The molecule has 0 fully saturated rings. The zero-order valence-corrected chi connectivity index (χ0v) is 11.8. The SMILES string of the molecule is CCN(CC)CCOC(=O)c1cc(N)cc(OC)c1. The number of ether oxygens (including phenoxy) is 2. The minimum Gasteiger partial charge on any atom is -0.497 e. The van der Waals surface area contributed by atoms with E-state index in [0.29, 0.717) is 23.6 Å². The van der Waals surface area contributed by atoms with Gasteiger partial charge < -0.3 is 20.1 Å². The summed E-state index contributed by atoms with van der Waals surface area (Å²) in [5.41, 5.74) is 6.59. The normalized spacial score (nSPS) is 10.5. The maximum absolute atomic E-state index is 11.9. The van der Waals surface area contributed by atoms with E-state index in [0.717, 1.165) is 19.6 Å². The van der Waals surface area contributed by atoms with Gasteiger partial charge in [-0.15, -0.1) is 0 Å². The Bertz CT molecular complexity index is 417. The lowest BCUT2D eigenvalue weighted by molar-refractivity contribution is 0.0466. The van der Waals surface area contributed by atoms with E-state index < -0.39 is 0 Å². The van der Waals surface area contributed by atoms with E-state index in [9.17, 15) is 4.79 Å². The molecule has 0 aliphatic rings. The molecule has 19 heavy (non-hydrogen) atoms. The van der Waals surface area contributed by atoms with Crippen molar-refractivity contribution in [2.45, 2.75) is 13.8 Å². The van der Waals surface area contributed by atoms with Crippen molar-refractivity contribution in [3.63, 3.8) is 0 Å². The minimum atomic E-state index is -0.377. The van der Waals surface area contributed by atoms with Gasteiger partial charge in [-0.3, -0.25) is 0 Å². The van der Waals surface area contributed by atoms with Gasteiger partial charge >= 0.3 is 5.97 Å². The maximum atomic E-state index is 11.9. The van der Waals surface area contributed by atoms with E-state index in [-0.39, 0.29) is 5.97 Å². The highest BCUT2D eigenvalue weighted by Gasteiger charge is 2.10. The van der Waals surface area contributed by atoms with Crippen LogP contribution in [0.5, 0.6) is 5.75 Å². The zero-order valence-electron chi connectivity index (χ0n) is 11.8. The van der Waals surface area contributed by atoms with Crippen molar-refractivity contribution < 1.29 is 14.3 Å². The van der Waals surface area contributed by atoms with E-state index in [1.807, 2.05) is 0 Å². The summed E-state index contributed by atoms with van der Waals surface area (Å²) in [6, 6.07) is 4.87. The second kappa shape index (κ2) is 7.63. The van der Waals surface area contributed by atoms with Gasteiger partial charge in [0.15, 0.2) is 0 Å². The number of carbonyl (C=O) groups is 1. The van der Waals surface area contributed by atoms with E-state index >= 15 is 0 Å². The zero-order chi connectivity index (χ0) is 14.3. The van der Waals surface area contributed by atoms with Crippen LogP contribution < -0.4 is 10.5 Å². The monoisotopic (exact) mass is 266 g/mol. The Balaban J connectivity index is 2.56. The first-order valence-corrected chi connectivity index (χ1v) is 6.44. The molecule has 0 heterocycles. The molecule has 2 N–H and O–H groups in total. The summed E-state index contributed by atoms with van der Waals surface area (Å²) < 4.78 is 10.3. The van der Waals surface area contributed by atoms with Crippen molar-refractivity contribution >= 4 is 11.7 Å². The molecule has 0 atom stereocenters. The molecule has 0 saturated heterocycles. The Morgan fingerprint density at radius 2 is 1.95 bits per heavy atom. The summed E-state index contributed by atoms with van der Waals surface area (Å²) in [6.07, 6.45) is 0. The average Bonchev–Trinajstić information content (AvgIpc) is 2.42. The summed E-state index contributed by atoms with van der Waals surface area (Å²) in [4.78, 5) is 14.1. The number of nitrogen functional groups attached to an aromatic ring is 1. The molecule has 5 heteroatoms. The van der Waals surface area contributed by atoms with Crippen LogP contribution in [0.15, 0.2) is 18.2 Å². The average molecular weight is 266 g/mol. The highest BCUT2D eigenvalue weighted by molar-refractivity contribution is 5.91. The number of esters is 1. The number of hydrogen-bond acceptors (Lipinski definition) is 5. The molecule has 0 aromatic heterocycles. The number of anilines is 1. The van der Waals surface area contributed by atoms with Gasteiger partial charge in [0.2, 0.25) is 0 Å². The quantitative estimate of drug-likeness (QED) is 0.602. The first-order chi connectivity index (χ1) is 9.10. The number of rotatable bonds is 7. The predicted octanol–water partition coefficient (Wildman–Crippen LogP) is 1.78. The molecule has 0 aliphatic carbocycles. The molecule has 0 bridgehead atoms. The van der Waals surface area contributed by atoms with Crippen LogP contribution >= 0.6 is 0 Å². The fraction of sp³-hybridized carbons (Fsp3) is 0.500. The van der Waals surface area contributed by atoms with E-state index in [2.05, 4.69) is 18.7 Å². The molecule has 1 aromatic carbocycles. The number of methoxy groups -OCH3 is 1. The van der Waals surface area contributed by atoms with E-state index in [1.165, 1.54) is 7.11 Å². The van der Waals surface area contributed by atoms with Gasteiger partial charge in [-0.25, -0.2) is 4.79 Å². The lowest BCUT2D eigenvalue weighted by atomic mass is 10.2. The van der Waals surface area contributed by atoms with Gasteiger partial charge in [-0.2, -0.15) is 0 Å². The van der Waals surface area contributed by atoms with Gasteiger partial charge in [-0.1, -0.05) is 13.8 Å². The molecule has 0 aliphatic heterocycles. The fourth-order valence-corrected chi connectivity index (χ4v) is 1.75. The van der Waals surface area contributed by atoms with Gasteiger partial charge in [0.05, 0.1) is 12.7 Å². The van der Waals surface area contributed by atoms with Crippen molar-refractivity contribution in [2.24, 2.45) is 0 Å². The Morgan fingerprint density at radius 3 is 2.53 bits per heavy atom. The van der Waals surface area contributed by atoms with Crippen LogP contribution in [-0.2, 0) is 4.74 Å². The Morgan fingerprint density at radius 1 is 1.26 bits per heavy atom. The molecule has 0 saturated carbocycles. The largest absolute Gasteiger partial charge is 0.497 e. The van der Waals surface area contributed by atoms with Crippen LogP contribution in [0.3, 0.4) is 0 Å². The summed E-state index contributed by atoms with van der Waals surface area (Å²) in [5, 5.41) is 0. The minimum absolute atomic E-state index is 0.373. The van der Waals surface area contributed by atoms with E-state index in [4.69, 9.17) is 15.2 Å². The number of nitrogens with two attached hydrogens (primary N) is 1. The van der Waals surface area contributed by atoms with Crippen LogP contribution in [0, 0.1) is 0 Å². The lowest BCUT2D eigenvalue weighted by Gasteiger charge is -2.17. The molecule has 0 radical (unpaired) electrons. The number of hydrogen-bond donors (Lipinski definition) is 1. The molecule has 106 valence electrons. The van der Waals surface area contributed by atoms with Crippen molar-refractivity contribution in [1.29, 1.82) is 0 Å². The third kappa shape index (κ3) is 4.79. The number of likely N-dealkylation sites (N-methyl/N-ethyl adjacent to an activating group) is 1. The van der Waals surface area contributed by atoms with Crippen molar-refractivity contribution in [3.05, 3.63) is 23.8 Å². The summed E-state index contributed by atoms with van der Waals surface area (Å²) >= 11 is 0. The van der Waals surface area contributed by atoms with Crippen molar-refractivity contribution in [3.8, 4) is 5.75 Å².